The van der Waals surface area contributed by atoms with Gasteiger partial charge in [-0.25, -0.2) is 12.8 Å². The lowest BCUT2D eigenvalue weighted by atomic mass is 10.1. The molecule has 0 spiro atoms. The Labute approximate surface area is 247 Å². The molecule has 0 bridgehead atoms. The summed E-state index contributed by atoms with van der Waals surface area (Å²) < 4.78 is 53.4. The predicted octanol–water partition coefficient (Wildman–Crippen LogP) is 4.76. The monoisotopic (exact) mass is 599 g/mol. The number of benzene rings is 3. The molecular formula is C31H38FN3O6S. The molecule has 3 aromatic carbocycles. The van der Waals surface area contributed by atoms with Crippen molar-refractivity contribution in [3.63, 3.8) is 0 Å². The highest BCUT2D eigenvalue weighted by Gasteiger charge is 2.34. The van der Waals surface area contributed by atoms with Crippen LogP contribution in [-0.2, 0) is 26.2 Å². The minimum Gasteiger partial charge on any atom is -0.497 e. The molecule has 11 heteroatoms. The molecule has 9 nitrogen and oxygen atoms in total. The van der Waals surface area contributed by atoms with E-state index in [0.29, 0.717) is 23.7 Å². The molecule has 0 aromatic heterocycles. The lowest BCUT2D eigenvalue weighted by Crippen LogP contribution is -2.53. The number of carbonyl (C=O) groups is 2. The Bertz CT molecular complexity index is 1450. The maximum Gasteiger partial charge on any atom is 0.264 e. The molecule has 1 atom stereocenters. The average molecular weight is 600 g/mol. The third-order valence-electron chi connectivity index (χ3n) is 6.42. The highest BCUT2D eigenvalue weighted by Crippen LogP contribution is 2.27. The van der Waals surface area contributed by atoms with Gasteiger partial charge in [0.1, 0.15) is 29.9 Å². The SMILES string of the molecule is CCOc1ccc(S(=O)(=O)N(CC(=O)N(Cc2cccc(OC)c2)C(CC)C(=O)NC(C)C)c2ccc(F)cc2)cc1. The first-order valence-electron chi connectivity index (χ1n) is 13.7. The summed E-state index contributed by atoms with van der Waals surface area (Å²) in [6.45, 7) is 7.04. The van der Waals surface area contributed by atoms with Crippen molar-refractivity contribution < 1.29 is 31.9 Å². The lowest BCUT2D eigenvalue weighted by Gasteiger charge is -2.33. The van der Waals surface area contributed by atoms with Gasteiger partial charge < -0.3 is 19.7 Å². The standard InChI is InChI=1S/C31H38FN3O6S/c1-6-29(31(37)33-22(3)4)34(20-23-9-8-10-27(19-23)40-5)30(36)21-35(25-13-11-24(32)12-14-25)42(38,39)28-17-15-26(16-18-28)41-7-2/h8-19,22,29H,6-7,20-21H2,1-5H3,(H,33,37). The summed E-state index contributed by atoms with van der Waals surface area (Å²) in [5, 5.41) is 2.86. The molecule has 0 radical (unpaired) electrons. The van der Waals surface area contributed by atoms with Crippen LogP contribution in [0.2, 0.25) is 0 Å². The van der Waals surface area contributed by atoms with Crippen LogP contribution in [0.3, 0.4) is 0 Å². The van der Waals surface area contributed by atoms with Crippen LogP contribution in [0.1, 0.15) is 39.7 Å². The Balaban J connectivity index is 2.06. The zero-order chi connectivity index (χ0) is 30.9. The summed E-state index contributed by atoms with van der Waals surface area (Å²) in [4.78, 5) is 28.6. The average Bonchev–Trinajstić information content (AvgIpc) is 2.96. The van der Waals surface area contributed by atoms with Crippen LogP contribution in [0.15, 0.2) is 77.7 Å². The van der Waals surface area contributed by atoms with Gasteiger partial charge in [0.2, 0.25) is 11.8 Å². The second-order valence-electron chi connectivity index (χ2n) is 9.85. The van der Waals surface area contributed by atoms with E-state index in [0.717, 1.165) is 16.4 Å². The topological polar surface area (TPSA) is 105 Å². The van der Waals surface area contributed by atoms with Gasteiger partial charge in [0, 0.05) is 12.6 Å². The van der Waals surface area contributed by atoms with Crippen LogP contribution in [0.5, 0.6) is 11.5 Å². The molecular weight excluding hydrogens is 561 g/mol. The summed E-state index contributed by atoms with van der Waals surface area (Å²) in [5.74, 6) is -0.453. The normalized spacial score (nSPS) is 12.0. The zero-order valence-electron chi connectivity index (χ0n) is 24.5. The van der Waals surface area contributed by atoms with Gasteiger partial charge >= 0.3 is 0 Å². The number of rotatable bonds is 14. The minimum atomic E-state index is -4.30. The second kappa shape index (κ2) is 14.7. The zero-order valence-corrected chi connectivity index (χ0v) is 25.4. The van der Waals surface area contributed by atoms with Crippen molar-refractivity contribution in [2.24, 2.45) is 0 Å². The van der Waals surface area contributed by atoms with E-state index in [1.165, 1.54) is 48.4 Å². The van der Waals surface area contributed by atoms with Gasteiger partial charge in [-0.2, -0.15) is 0 Å². The molecule has 1 unspecified atom stereocenters. The third-order valence-corrected chi connectivity index (χ3v) is 8.21. The summed E-state index contributed by atoms with van der Waals surface area (Å²) in [6.07, 6.45) is 0.288. The number of hydrogen-bond donors (Lipinski definition) is 1. The number of hydrogen-bond acceptors (Lipinski definition) is 6. The fourth-order valence-corrected chi connectivity index (χ4v) is 5.82. The number of ether oxygens (including phenoxy) is 2. The molecule has 0 aliphatic carbocycles. The maximum atomic E-state index is 14.1. The van der Waals surface area contributed by atoms with Gasteiger partial charge in [-0.3, -0.25) is 13.9 Å². The van der Waals surface area contributed by atoms with Crippen molar-refractivity contribution in [2.75, 3.05) is 24.6 Å². The summed E-state index contributed by atoms with van der Waals surface area (Å²) in [7, 11) is -2.77. The van der Waals surface area contributed by atoms with Crippen LogP contribution in [-0.4, -0.2) is 57.5 Å². The fraction of sp³-hybridized carbons (Fsp3) is 0.355. The van der Waals surface area contributed by atoms with E-state index < -0.39 is 34.3 Å². The Morgan fingerprint density at radius 3 is 2.19 bits per heavy atom. The predicted molar refractivity (Wildman–Crippen MR) is 159 cm³/mol. The number of carbonyl (C=O) groups excluding carboxylic acids is 2. The highest BCUT2D eigenvalue weighted by atomic mass is 32.2. The number of sulfonamides is 1. The molecule has 3 rings (SSSR count). The van der Waals surface area contributed by atoms with Gasteiger partial charge in [0.25, 0.3) is 10.0 Å². The Kier molecular flexibility index (Phi) is 11.3. The molecule has 42 heavy (non-hydrogen) atoms. The summed E-state index contributed by atoms with van der Waals surface area (Å²) >= 11 is 0. The summed E-state index contributed by atoms with van der Waals surface area (Å²) in [6, 6.07) is 16.7. The van der Waals surface area contributed by atoms with Crippen molar-refractivity contribution in [3.8, 4) is 11.5 Å². The van der Waals surface area contributed by atoms with E-state index in [9.17, 15) is 22.4 Å². The van der Waals surface area contributed by atoms with Crippen LogP contribution < -0.4 is 19.1 Å². The minimum absolute atomic E-state index is 0.0282. The van der Waals surface area contributed by atoms with E-state index in [2.05, 4.69) is 5.32 Å². The van der Waals surface area contributed by atoms with Gasteiger partial charge in [-0.05, 0) is 93.4 Å². The maximum absolute atomic E-state index is 14.1. The van der Waals surface area contributed by atoms with Gasteiger partial charge in [0.15, 0.2) is 0 Å². The van der Waals surface area contributed by atoms with Crippen LogP contribution >= 0.6 is 0 Å². The van der Waals surface area contributed by atoms with Gasteiger partial charge in [0.05, 0.1) is 24.3 Å². The fourth-order valence-electron chi connectivity index (χ4n) is 4.41. The van der Waals surface area contributed by atoms with Gasteiger partial charge in [-0.15, -0.1) is 0 Å². The van der Waals surface area contributed by atoms with Crippen molar-refractivity contribution >= 4 is 27.5 Å². The third kappa shape index (κ3) is 8.22. The Morgan fingerprint density at radius 2 is 1.62 bits per heavy atom. The molecule has 1 N–H and O–H groups in total. The van der Waals surface area contributed by atoms with E-state index in [1.54, 1.807) is 31.2 Å². The van der Waals surface area contributed by atoms with E-state index in [-0.39, 0.29) is 35.5 Å². The molecule has 226 valence electrons. The summed E-state index contributed by atoms with van der Waals surface area (Å²) in [5.41, 5.74) is 0.792. The van der Waals surface area contributed by atoms with Gasteiger partial charge in [-0.1, -0.05) is 19.1 Å². The first-order chi connectivity index (χ1) is 20.0. The highest BCUT2D eigenvalue weighted by molar-refractivity contribution is 7.92. The van der Waals surface area contributed by atoms with E-state index in [4.69, 9.17) is 9.47 Å². The van der Waals surface area contributed by atoms with Crippen molar-refractivity contribution in [3.05, 3.63) is 84.2 Å². The molecule has 0 aliphatic heterocycles. The molecule has 3 aromatic rings. The second-order valence-corrected chi connectivity index (χ2v) is 11.7. The number of methoxy groups -OCH3 is 1. The van der Waals surface area contributed by atoms with Crippen molar-refractivity contribution in [1.82, 2.24) is 10.2 Å². The molecule has 2 amide bonds. The van der Waals surface area contributed by atoms with E-state index >= 15 is 0 Å². The first kappa shape index (κ1) is 32.4. The number of amides is 2. The van der Waals surface area contributed by atoms with Crippen molar-refractivity contribution in [2.45, 2.75) is 57.6 Å². The number of nitrogens with zero attached hydrogens (tertiary/aromatic N) is 2. The number of halogens is 1. The molecule has 0 aliphatic rings. The first-order valence-corrected chi connectivity index (χ1v) is 15.2. The molecule has 0 fully saturated rings. The molecule has 0 saturated carbocycles. The number of anilines is 1. The van der Waals surface area contributed by atoms with Crippen LogP contribution in [0, 0.1) is 5.82 Å². The number of nitrogens with one attached hydrogen (secondary N) is 1. The van der Waals surface area contributed by atoms with E-state index in [1.807, 2.05) is 20.8 Å². The largest absolute Gasteiger partial charge is 0.497 e. The van der Waals surface area contributed by atoms with Crippen molar-refractivity contribution in [1.29, 1.82) is 0 Å². The quantitative estimate of drug-likeness (QED) is 0.287. The Hall–Kier alpha value is -4.12. The molecule has 0 heterocycles. The Morgan fingerprint density at radius 1 is 0.952 bits per heavy atom. The van der Waals surface area contributed by atoms with Crippen LogP contribution in [0.4, 0.5) is 10.1 Å². The smallest absolute Gasteiger partial charge is 0.264 e. The lowest BCUT2D eigenvalue weighted by molar-refractivity contribution is -0.140. The molecule has 0 saturated heterocycles. The van der Waals surface area contributed by atoms with Crippen LogP contribution in [0.25, 0.3) is 0 Å².